The second-order valence-corrected chi connectivity index (χ2v) is 17.3. The van der Waals surface area contributed by atoms with Gasteiger partial charge in [0.15, 0.2) is 0 Å². The van der Waals surface area contributed by atoms with Crippen LogP contribution in [0, 0.1) is 44.6 Å². The summed E-state index contributed by atoms with van der Waals surface area (Å²) < 4.78 is 35.5. The van der Waals surface area contributed by atoms with E-state index in [0.717, 1.165) is 58.4 Å². The number of carbonyl (C=O) groups is 1. The Morgan fingerprint density at radius 2 is 1.72 bits per heavy atom. The van der Waals surface area contributed by atoms with Crippen molar-refractivity contribution in [2.24, 2.45) is 22.2 Å². The van der Waals surface area contributed by atoms with Crippen molar-refractivity contribution in [1.29, 1.82) is 0 Å². The summed E-state index contributed by atoms with van der Waals surface area (Å²) in [5, 5.41) is 0. The number of aliphatic imine (C=N–C) groups is 1. The second-order valence-electron chi connectivity index (χ2n) is 15.5. The maximum absolute atomic E-state index is 15.0. The Kier molecular flexibility index (Phi) is 14.1. The number of primary sulfonamides is 1. The molecular formula is C43H53LiN5O4S-. The summed E-state index contributed by atoms with van der Waals surface area (Å²) in [4.78, 5) is 31.2. The van der Waals surface area contributed by atoms with Gasteiger partial charge in [0.25, 0.3) is 5.91 Å². The third-order valence-corrected chi connectivity index (χ3v) is 11.5. The molecule has 0 spiro atoms. The summed E-state index contributed by atoms with van der Waals surface area (Å²) >= 11 is 0. The molecule has 0 radical (unpaired) electrons. The van der Waals surface area contributed by atoms with Gasteiger partial charge in [0, 0.05) is 23.2 Å². The van der Waals surface area contributed by atoms with Crippen LogP contribution in [-0.4, -0.2) is 54.1 Å². The van der Waals surface area contributed by atoms with Gasteiger partial charge in [0.2, 0.25) is 5.88 Å². The van der Waals surface area contributed by atoms with Crippen molar-refractivity contribution in [3.63, 3.8) is 0 Å². The van der Waals surface area contributed by atoms with Crippen LogP contribution in [0.25, 0.3) is 11.3 Å². The number of rotatable bonds is 4. The minimum atomic E-state index is -4.06. The Labute approximate surface area is 334 Å². The van der Waals surface area contributed by atoms with E-state index in [4.69, 9.17) is 14.7 Å². The Bertz CT molecular complexity index is 2050. The van der Waals surface area contributed by atoms with Gasteiger partial charge in [-0.2, -0.15) is 18.1 Å². The van der Waals surface area contributed by atoms with Gasteiger partial charge in [-0.25, -0.2) is 6.08 Å². The topological polar surface area (TPSA) is 118 Å². The number of amides is 1. The number of ether oxygens (including phenoxy) is 1. The molecule has 2 aromatic carbocycles. The zero-order chi connectivity index (χ0) is 37.2. The molecule has 2 N–H and O–H groups in total. The number of quaternary nitrogens is 1. The third kappa shape index (κ3) is 9.88. The molecule has 3 atom stereocenters. The van der Waals surface area contributed by atoms with Crippen molar-refractivity contribution in [3.05, 3.63) is 108 Å². The van der Waals surface area contributed by atoms with Crippen LogP contribution in [0.5, 0.6) is 5.88 Å². The molecule has 3 aliphatic rings. The SMILES string of the molecule is Cc1cccc(C)c1-c1cc2nc(n1)[NH2+]S(=O)(=O)c1cccc(c1)C(=O)N1[C@H](C3=C\CC\C=C(C=[C-]C(C)(C)C)/[C-]=N/3)CCC[C@@H](C(C)C)[C@@H]1CO2.[CH3-].[Li+]. The number of aromatic nitrogens is 2. The van der Waals surface area contributed by atoms with E-state index in [-0.39, 0.29) is 84.9 Å². The first-order valence-corrected chi connectivity index (χ1v) is 19.8. The quantitative estimate of drug-likeness (QED) is 0.304. The minimum absolute atomic E-state index is 0. The van der Waals surface area contributed by atoms with Gasteiger partial charge in [-0.1, -0.05) is 71.7 Å². The molecule has 282 valence electrons. The number of hydrogen-bond donors (Lipinski definition) is 1. The number of nitrogens with two attached hydrogens (primary N) is 1. The standard InChI is InChI=1S/C42H49N5O4S.CH3.Li/c1-27(2)33-18-12-20-36(34-19-9-8-15-30(25-43-34)21-22-42(5,6)7)47-37(33)26-51-38-24-35(39-28(3)13-10-14-29(39)4)44-41(45-38)46-52(49,50)32-17-11-16-31(23-32)40(47)48;;/h10-11,13-17,19,21,23-24,27,33,36-37H,8-9,12,18,20,26H2,1-7H3,(H,44,45,46);1H3;/q-2;-1;+1/p+1/b30-15-,34-19-;;/t33-,36-,37-;;/m0../s1. The molecule has 0 aliphatic carbocycles. The fraction of sp³-hybridized carbons (Fsp3) is 0.419. The normalized spacial score (nSPS) is 24.2. The molecule has 54 heavy (non-hydrogen) atoms. The predicted molar refractivity (Wildman–Crippen MR) is 210 cm³/mol. The van der Waals surface area contributed by atoms with Crippen molar-refractivity contribution < 1.29 is 41.5 Å². The molecular weight excluding hydrogens is 690 g/mol. The number of allylic oxidation sites excluding steroid dienone is 5. The fourth-order valence-electron chi connectivity index (χ4n) is 7.42. The number of benzene rings is 2. The maximum atomic E-state index is 15.0. The molecule has 1 amide bonds. The summed E-state index contributed by atoms with van der Waals surface area (Å²) in [6, 6.07) is 13.3. The van der Waals surface area contributed by atoms with Crippen molar-refractivity contribution in [2.45, 2.75) is 97.5 Å². The predicted octanol–water partition coefficient (Wildman–Crippen LogP) is 4.78. The van der Waals surface area contributed by atoms with Gasteiger partial charge in [0.1, 0.15) is 11.5 Å². The molecule has 1 fully saturated rings. The van der Waals surface area contributed by atoms with Crippen LogP contribution in [-0.2, 0) is 10.0 Å². The summed E-state index contributed by atoms with van der Waals surface area (Å²) in [5.41, 5.74) is 5.29. The van der Waals surface area contributed by atoms with Crippen LogP contribution in [0.2, 0.25) is 0 Å². The van der Waals surface area contributed by atoms with Gasteiger partial charge in [-0.3, -0.25) is 10.4 Å². The Hall–Kier alpha value is -3.81. The number of hydrogen-bond acceptors (Lipinski definition) is 7. The number of fused-ring (bicyclic) bond motifs is 5. The first-order valence-electron chi connectivity index (χ1n) is 18.3. The van der Waals surface area contributed by atoms with Crippen molar-refractivity contribution in [1.82, 2.24) is 14.9 Å². The van der Waals surface area contributed by atoms with E-state index in [0.29, 0.717) is 17.7 Å². The van der Waals surface area contributed by atoms with Gasteiger partial charge >= 0.3 is 34.8 Å². The van der Waals surface area contributed by atoms with Gasteiger partial charge in [-0.05, 0) is 80.0 Å². The molecule has 4 bridgehead atoms. The van der Waals surface area contributed by atoms with E-state index in [1.54, 1.807) is 18.2 Å². The molecule has 11 heteroatoms. The average Bonchev–Trinajstić information content (AvgIpc) is 3.25. The largest absolute Gasteiger partial charge is 1.00 e. The molecule has 9 nitrogen and oxygen atoms in total. The molecule has 0 unspecified atom stereocenters. The van der Waals surface area contributed by atoms with Gasteiger partial charge < -0.3 is 34.2 Å². The van der Waals surface area contributed by atoms with Crippen molar-refractivity contribution in [3.8, 4) is 17.1 Å². The molecule has 1 saturated heterocycles. The number of sulfonamides is 1. The number of nitrogens with zero attached hydrogens (tertiary/aromatic N) is 4. The van der Waals surface area contributed by atoms with Crippen LogP contribution in [0.3, 0.4) is 0 Å². The number of aryl methyl sites for hydroxylation is 2. The number of carbonyl (C=O) groups excluding carboxylic acids is 1. The van der Waals surface area contributed by atoms with Crippen LogP contribution in [0.15, 0.2) is 87.9 Å². The summed E-state index contributed by atoms with van der Waals surface area (Å²) in [6.45, 7) is 14.9. The van der Waals surface area contributed by atoms with Crippen molar-refractivity contribution in [2.75, 3.05) is 6.61 Å². The smallest absolute Gasteiger partial charge is 0.475 e. The van der Waals surface area contributed by atoms with Crippen LogP contribution in [0.1, 0.15) is 88.2 Å². The van der Waals surface area contributed by atoms with E-state index in [1.165, 1.54) is 12.1 Å². The average molecular weight is 743 g/mol. The van der Waals surface area contributed by atoms with Gasteiger partial charge in [-0.15, -0.1) is 22.7 Å². The monoisotopic (exact) mass is 742 g/mol. The van der Waals surface area contributed by atoms with E-state index >= 15 is 0 Å². The maximum Gasteiger partial charge on any atom is 1.00 e. The molecule has 6 rings (SSSR count). The van der Waals surface area contributed by atoms with Crippen LogP contribution >= 0.6 is 0 Å². The molecule has 0 saturated carbocycles. The summed E-state index contributed by atoms with van der Waals surface area (Å²) in [6.07, 6.45) is 16.9. The van der Waals surface area contributed by atoms with E-state index in [2.05, 4.69) is 64.0 Å². The fourth-order valence-corrected chi connectivity index (χ4v) is 8.49. The molecule has 3 aliphatic heterocycles. The first kappa shape index (κ1) is 42.9. The van der Waals surface area contributed by atoms with Crippen LogP contribution in [0.4, 0.5) is 5.95 Å². The molecule has 3 aromatic rings. The minimum Gasteiger partial charge on any atom is -0.475 e. The second kappa shape index (κ2) is 17.8. The summed E-state index contributed by atoms with van der Waals surface area (Å²) in [7, 11) is -4.06. The Morgan fingerprint density at radius 1 is 1.02 bits per heavy atom. The summed E-state index contributed by atoms with van der Waals surface area (Å²) in [5.74, 6) is 0.348. The zero-order valence-electron chi connectivity index (χ0n) is 33.3. The Balaban J connectivity index is 0.00000325. The van der Waals surface area contributed by atoms with Crippen molar-refractivity contribution >= 4 is 28.1 Å². The van der Waals surface area contributed by atoms with E-state index in [9.17, 15) is 13.2 Å². The zero-order valence-corrected chi connectivity index (χ0v) is 34.1. The van der Waals surface area contributed by atoms with Gasteiger partial charge in [0.05, 0.1) is 11.7 Å². The molecule has 1 aromatic heterocycles. The first-order chi connectivity index (χ1) is 24.7. The third-order valence-electron chi connectivity index (χ3n) is 10.0. The van der Waals surface area contributed by atoms with Crippen LogP contribution < -0.4 is 28.3 Å². The Morgan fingerprint density at radius 3 is 2.43 bits per heavy atom. The van der Waals surface area contributed by atoms with E-state index in [1.807, 2.05) is 43.0 Å². The molecule has 4 heterocycles. The van der Waals surface area contributed by atoms with E-state index < -0.39 is 10.0 Å².